The average molecular weight is 259 g/mol. The molecule has 0 atom stereocenters. The predicted molar refractivity (Wildman–Crippen MR) is 102 cm³/mol. The zero-order chi connectivity index (χ0) is 14.6. The quantitative estimate of drug-likeness (QED) is 0.551. The highest BCUT2D eigenvalue weighted by molar-refractivity contribution is 6.47. The van der Waals surface area contributed by atoms with E-state index in [-0.39, 0.29) is 0 Å². The molecule has 0 spiro atoms. The molecule has 1 fully saturated rings. The van der Waals surface area contributed by atoms with E-state index in [0.717, 1.165) is 0 Å². The van der Waals surface area contributed by atoms with Gasteiger partial charge < -0.3 is 0 Å². The average Bonchev–Trinajstić information content (AvgIpc) is 2.56. The first-order valence-corrected chi connectivity index (χ1v) is 8.41. The van der Waals surface area contributed by atoms with Gasteiger partial charge in [0.25, 0.3) is 0 Å². The van der Waals surface area contributed by atoms with Crippen LogP contribution >= 0.6 is 0 Å². The minimum absolute atomic E-state index is 0.329. The van der Waals surface area contributed by atoms with Crippen LogP contribution in [0.3, 0.4) is 0 Å². The molecule has 0 heterocycles. The molecule has 2 aliphatic rings. The Bertz CT molecular complexity index is 529. The maximum atomic E-state index is 2.52. The molecule has 1 saturated carbocycles. The van der Waals surface area contributed by atoms with Crippen molar-refractivity contribution in [3.63, 3.8) is 0 Å². The van der Waals surface area contributed by atoms with Crippen molar-refractivity contribution in [3.05, 3.63) is 34.9 Å². The first-order valence-electron chi connectivity index (χ1n) is 8.41. The van der Waals surface area contributed by atoms with Gasteiger partial charge in [0, 0.05) is 0 Å². The van der Waals surface area contributed by atoms with Crippen molar-refractivity contribution in [1.29, 1.82) is 0 Å². The lowest BCUT2D eigenvalue weighted by Gasteiger charge is -2.38. The van der Waals surface area contributed by atoms with Gasteiger partial charge >= 0.3 is 0 Å². The van der Waals surface area contributed by atoms with Crippen molar-refractivity contribution < 1.29 is 0 Å². The maximum absolute atomic E-state index is 2.52. The topological polar surface area (TPSA) is 0 Å². The first-order chi connectivity index (χ1) is 9.26. The van der Waals surface area contributed by atoms with Gasteiger partial charge in [0.15, 0.2) is 0 Å². The third kappa shape index (κ3) is 2.12. The van der Waals surface area contributed by atoms with E-state index in [2.05, 4.69) is 57.4 Å². The van der Waals surface area contributed by atoms with E-state index in [9.17, 15) is 0 Å². The lowest BCUT2D eigenvalue weighted by molar-refractivity contribution is 0.395. The van der Waals surface area contributed by atoms with Crippen LogP contribution in [-0.4, -0.2) is 39.2 Å². The number of fused-ring (bicyclic) bond motifs is 1. The molecule has 1 aromatic carbocycles. The van der Waals surface area contributed by atoms with Crippen LogP contribution in [0, 0.1) is 0 Å². The van der Waals surface area contributed by atoms with Gasteiger partial charge in [0.05, 0.1) is 0 Å². The molecule has 2 aliphatic carbocycles. The molecule has 20 heavy (non-hydrogen) atoms. The van der Waals surface area contributed by atoms with Gasteiger partial charge in [-0.1, -0.05) is 78.3 Å². The smallest absolute Gasteiger partial charge is 0.0624 e. The fourth-order valence-corrected chi connectivity index (χ4v) is 5.24. The summed E-state index contributed by atoms with van der Waals surface area (Å²) in [5.41, 5.74) is 4.98. The summed E-state index contributed by atoms with van der Waals surface area (Å²) in [5.74, 6) is 0. The Balaban J connectivity index is 2.18. The fourth-order valence-electron chi connectivity index (χ4n) is 5.24. The normalized spacial score (nSPS) is 26.0. The van der Waals surface area contributed by atoms with Crippen LogP contribution in [0.5, 0.6) is 0 Å². The van der Waals surface area contributed by atoms with Crippen molar-refractivity contribution in [2.75, 3.05) is 0 Å². The summed E-state index contributed by atoms with van der Waals surface area (Å²) in [6, 6.07) is 7.14. The molecule has 0 bridgehead atoms. The Kier molecular flexibility index (Phi) is 3.27. The summed E-state index contributed by atoms with van der Waals surface area (Å²) in [6.07, 6.45) is 8.27. The summed E-state index contributed by atoms with van der Waals surface area (Å²) in [5, 5.41) is 1.08. The Morgan fingerprint density at radius 1 is 0.750 bits per heavy atom. The molecule has 0 amide bonds. The van der Waals surface area contributed by atoms with Crippen molar-refractivity contribution >= 4 is 39.2 Å². The van der Waals surface area contributed by atoms with E-state index in [1.807, 2.05) is 0 Å². The lowest BCUT2D eigenvalue weighted by atomic mass is 9.44. The molecular weight excluding hydrogens is 234 g/mol. The number of rotatable bonds is 1. The molecule has 5 heteroatoms. The molecule has 0 aliphatic heterocycles. The highest BCUT2D eigenvalue weighted by atomic mass is 14.4. The fraction of sp³-hybridized carbons (Fsp3) is 0.600. The summed E-state index contributed by atoms with van der Waals surface area (Å²) in [7, 11) is 12.3. The van der Waals surface area contributed by atoms with Gasteiger partial charge in [-0.05, 0) is 10.9 Å². The Morgan fingerprint density at radius 3 is 2.00 bits per heavy atom. The summed E-state index contributed by atoms with van der Waals surface area (Å²) >= 11 is 0. The zero-order valence-electron chi connectivity index (χ0n) is 14.0. The van der Waals surface area contributed by atoms with E-state index in [1.165, 1.54) is 38.5 Å². The summed E-state index contributed by atoms with van der Waals surface area (Å²) in [4.78, 5) is 0. The highest BCUT2D eigenvalue weighted by Crippen LogP contribution is 2.49. The molecule has 1 aromatic rings. The van der Waals surface area contributed by atoms with Crippen LogP contribution in [0.2, 0.25) is 0 Å². The summed E-state index contributed by atoms with van der Waals surface area (Å²) < 4.78 is 0. The van der Waals surface area contributed by atoms with Gasteiger partial charge in [-0.3, -0.25) is 0 Å². The van der Waals surface area contributed by atoms with Crippen LogP contribution in [0.15, 0.2) is 18.2 Å². The Hall–Kier alpha value is -0.455. The molecular formula is C15H25B5. The number of hydrogen-bond acceptors (Lipinski definition) is 0. The number of hydrogen-bond donors (Lipinski definition) is 0. The Labute approximate surface area is 128 Å². The lowest BCUT2D eigenvalue weighted by Crippen LogP contribution is -2.35. The van der Waals surface area contributed by atoms with Gasteiger partial charge in [0.2, 0.25) is 0 Å². The number of benzene rings is 1. The predicted octanol–water partition coefficient (Wildman–Crippen LogP) is -1.28. The van der Waals surface area contributed by atoms with Crippen LogP contribution in [-0.2, 0) is 15.7 Å². The Morgan fingerprint density at radius 2 is 1.35 bits per heavy atom. The van der Waals surface area contributed by atoms with Gasteiger partial charge in [-0.2, -0.15) is 0 Å². The van der Waals surface area contributed by atoms with Crippen LogP contribution in [0.4, 0.5) is 0 Å². The van der Waals surface area contributed by atoms with E-state index in [4.69, 9.17) is 0 Å². The summed E-state index contributed by atoms with van der Waals surface area (Å²) in [6.45, 7) is 0. The standard InChI is InChI=1S/C15H25B5/c16-13(7-2-1-3-8-13)10-5-4-6-11-12(10)15(19,20)9-14(11,17)18/h4-6H,1-3,7-9,16-20H2. The molecule has 0 saturated heterocycles. The maximum Gasteiger partial charge on any atom is 0.115 e. The first kappa shape index (κ1) is 14.5. The van der Waals surface area contributed by atoms with Crippen LogP contribution < -0.4 is 0 Å². The molecule has 3 rings (SSSR count). The molecule has 0 radical (unpaired) electrons. The monoisotopic (exact) mass is 260 g/mol. The van der Waals surface area contributed by atoms with Gasteiger partial charge in [-0.25, -0.2) is 0 Å². The van der Waals surface area contributed by atoms with Gasteiger partial charge in [-0.15, -0.1) is 0 Å². The van der Waals surface area contributed by atoms with E-state index >= 15 is 0 Å². The largest absolute Gasteiger partial charge is 0.115 e. The van der Waals surface area contributed by atoms with Crippen LogP contribution in [0.25, 0.3) is 0 Å². The van der Waals surface area contributed by atoms with Crippen molar-refractivity contribution in [3.8, 4) is 0 Å². The van der Waals surface area contributed by atoms with Crippen molar-refractivity contribution in [1.82, 2.24) is 0 Å². The molecule has 0 aromatic heterocycles. The van der Waals surface area contributed by atoms with E-state index < -0.39 is 0 Å². The second-order valence-electron chi connectivity index (χ2n) is 8.79. The molecule has 100 valence electrons. The van der Waals surface area contributed by atoms with E-state index in [0.29, 0.717) is 15.7 Å². The minimum atomic E-state index is 0.329. The van der Waals surface area contributed by atoms with Gasteiger partial charge in [0.1, 0.15) is 39.2 Å². The molecule has 0 nitrogen and oxygen atoms in total. The van der Waals surface area contributed by atoms with E-state index in [1.54, 1.807) is 16.7 Å². The van der Waals surface area contributed by atoms with Crippen LogP contribution in [0.1, 0.15) is 55.2 Å². The SMILES string of the molecule is BC1(B)CC(B)(B)c2c1cccc2C1(B)CCCCC1. The second-order valence-corrected chi connectivity index (χ2v) is 8.79. The second kappa shape index (κ2) is 4.52. The molecule has 0 N–H and O–H groups in total. The molecule has 0 unspecified atom stereocenters. The highest BCUT2D eigenvalue weighted by Gasteiger charge is 2.45. The zero-order valence-corrected chi connectivity index (χ0v) is 14.0. The third-order valence-electron chi connectivity index (χ3n) is 5.96. The van der Waals surface area contributed by atoms with Crippen molar-refractivity contribution in [2.24, 2.45) is 0 Å². The van der Waals surface area contributed by atoms with Crippen molar-refractivity contribution in [2.45, 2.75) is 54.3 Å². The third-order valence-corrected chi connectivity index (χ3v) is 5.96. The minimum Gasteiger partial charge on any atom is -0.0624 e.